The van der Waals surface area contributed by atoms with Crippen molar-refractivity contribution < 1.29 is 0 Å². The fourth-order valence-corrected chi connectivity index (χ4v) is 7.38. The Bertz CT molecular complexity index is 916. The molecule has 0 saturated heterocycles. The van der Waals surface area contributed by atoms with Crippen molar-refractivity contribution in [3.05, 3.63) is 109 Å². The Morgan fingerprint density at radius 3 is 1.72 bits per heavy atom. The minimum atomic E-state index is -1.38. The second kappa shape index (κ2) is 7.08. The third kappa shape index (κ3) is 3.16. The Morgan fingerprint density at radius 2 is 1.08 bits per heavy atom. The number of fused-ring (bicyclic) bond motifs is 1. The normalized spacial score (nSPS) is 12.4. The lowest BCUT2D eigenvalue weighted by Crippen LogP contribution is -2.46. The molecule has 4 rings (SSSR count). The van der Waals surface area contributed by atoms with Crippen molar-refractivity contribution in [2.45, 2.75) is 12.5 Å². The molecule has 0 aliphatic heterocycles. The molecule has 0 nitrogen and oxygen atoms in total. The molecule has 0 spiro atoms. The number of benzene rings is 4. The van der Waals surface area contributed by atoms with E-state index in [9.17, 15) is 0 Å². The lowest BCUT2D eigenvalue weighted by Gasteiger charge is -2.25. The van der Waals surface area contributed by atoms with E-state index in [0.717, 1.165) is 0 Å². The lowest BCUT2D eigenvalue weighted by molar-refractivity contribution is 1.07. The Hall–Kier alpha value is -2.64. The van der Waals surface area contributed by atoms with Gasteiger partial charge in [0.15, 0.2) is 0 Å². The van der Waals surface area contributed by atoms with Gasteiger partial charge in [-0.3, -0.25) is 0 Å². The Labute approximate surface area is 151 Å². The fraction of sp³-hybridized carbons (Fsp3) is 0.0833. The van der Waals surface area contributed by atoms with Crippen LogP contribution in [0.25, 0.3) is 10.8 Å². The van der Waals surface area contributed by atoms with E-state index >= 15 is 0 Å². The van der Waals surface area contributed by atoms with Gasteiger partial charge < -0.3 is 0 Å². The molecule has 0 bridgehead atoms. The van der Waals surface area contributed by atoms with Crippen molar-refractivity contribution in [1.29, 1.82) is 0 Å². The highest BCUT2D eigenvalue weighted by molar-refractivity contribution is 6.86. The Morgan fingerprint density at radius 1 is 0.560 bits per heavy atom. The maximum Gasteiger partial charge on any atom is 0.110 e. The van der Waals surface area contributed by atoms with Crippen LogP contribution in [0, 0.1) is 0 Å². The molecular formula is C24H22Si. The minimum Gasteiger partial charge on any atom is -0.0629 e. The van der Waals surface area contributed by atoms with E-state index in [-0.39, 0.29) is 0 Å². The summed E-state index contributed by atoms with van der Waals surface area (Å²) in [5, 5.41) is 5.74. The molecular weight excluding hydrogens is 316 g/mol. The molecule has 0 radical (unpaired) electrons. The van der Waals surface area contributed by atoms with Crippen molar-refractivity contribution in [2.75, 3.05) is 0 Å². The zero-order valence-electron chi connectivity index (χ0n) is 14.5. The molecule has 0 saturated carbocycles. The predicted octanol–water partition coefficient (Wildman–Crippen LogP) is 4.52. The number of rotatable bonds is 4. The van der Waals surface area contributed by atoms with Crippen LogP contribution in [-0.2, 0) is 0 Å². The first kappa shape index (κ1) is 15.9. The quantitative estimate of drug-likeness (QED) is 0.480. The molecule has 4 aromatic carbocycles. The van der Waals surface area contributed by atoms with E-state index < -0.39 is 8.80 Å². The zero-order chi connectivity index (χ0) is 17.1. The van der Waals surface area contributed by atoms with Gasteiger partial charge in [-0.15, -0.1) is 0 Å². The first-order chi connectivity index (χ1) is 12.3. The van der Waals surface area contributed by atoms with Gasteiger partial charge in [0.05, 0.1) is 0 Å². The molecule has 0 amide bonds. The van der Waals surface area contributed by atoms with Gasteiger partial charge >= 0.3 is 0 Å². The van der Waals surface area contributed by atoms with Crippen LogP contribution in [0.4, 0.5) is 0 Å². The molecule has 1 atom stereocenters. The second-order valence-corrected chi connectivity index (χ2v) is 9.94. The molecule has 4 aromatic rings. The van der Waals surface area contributed by atoms with Crippen LogP contribution >= 0.6 is 0 Å². The summed E-state index contributed by atoms with van der Waals surface area (Å²) in [7, 11) is -1.38. The molecule has 1 unspecified atom stereocenters. The first-order valence-electron chi connectivity index (χ1n) is 8.92. The Balaban J connectivity index is 1.87. The molecule has 25 heavy (non-hydrogen) atoms. The van der Waals surface area contributed by atoms with E-state index in [1.807, 2.05) is 0 Å². The van der Waals surface area contributed by atoms with Gasteiger partial charge in [-0.25, -0.2) is 0 Å². The van der Waals surface area contributed by atoms with Gasteiger partial charge in [0, 0.05) is 0 Å². The van der Waals surface area contributed by atoms with Crippen LogP contribution in [0.15, 0.2) is 103 Å². The van der Waals surface area contributed by atoms with E-state index in [0.29, 0.717) is 5.54 Å². The van der Waals surface area contributed by atoms with Gasteiger partial charge in [-0.05, 0) is 21.9 Å². The summed E-state index contributed by atoms with van der Waals surface area (Å²) in [4.78, 5) is 0. The fourth-order valence-electron chi connectivity index (χ4n) is 3.92. The lowest BCUT2D eigenvalue weighted by atomic mass is 10.0. The molecule has 0 fully saturated rings. The zero-order valence-corrected chi connectivity index (χ0v) is 15.6. The maximum absolute atomic E-state index is 2.42. The Kier molecular flexibility index (Phi) is 4.49. The smallest absolute Gasteiger partial charge is 0.0629 e. The van der Waals surface area contributed by atoms with E-state index in [1.54, 1.807) is 0 Å². The van der Waals surface area contributed by atoms with E-state index in [1.165, 1.54) is 26.7 Å². The van der Waals surface area contributed by atoms with E-state index in [4.69, 9.17) is 0 Å². The number of hydrogen-bond donors (Lipinski definition) is 0. The van der Waals surface area contributed by atoms with Gasteiger partial charge in [0.25, 0.3) is 0 Å². The van der Waals surface area contributed by atoms with Crippen LogP contribution in [-0.4, -0.2) is 8.80 Å². The van der Waals surface area contributed by atoms with Crippen LogP contribution < -0.4 is 10.4 Å². The standard InChI is InChI=1S/C24H22Si/c1-19(23-18-10-12-20-11-8-9-17-24(20)23)25(21-13-4-2-5-14-21)22-15-6-3-7-16-22/h2-19,25H,1H3. The molecule has 1 heteroatoms. The third-order valence-electron chi connectivity index (χ3n) is 5.13. The molecule has 0 aromatic heterocycles. The predicted molar refractivity (Wildman–Crippen MR) is 112 cm³/mol. The minimum absolute atomic E-state index is 0.524. The molecule has 0 N–H and O–H groups in total. The number of hydrogen-bond acceptors (Lipinski definition) is 0. The monoisotopic (exact) mass is 338 g/mol. The largest absolute Gasteiger partial charge is 0.110 e. The third-order valence-corrected chi connectivity index (χ3v) is 8.70. The van der Waals surface area contributed by atoms with Gasteiger partial charge in [-0.1, -0.05) is 120 Å². The van der Waals surface area contributed by atoms with Crippen molar-refractivity contribution in [2.24, 2.45) is 0 Å². The van der Waals surface area contributed by atoms with Crippen LogP contribution in [0.1, 0.15) is 18.0 Å². The topological polar surface area (TPSA) is 0 Å². The SMILES string of the molecule is CC(c1cccc2ccccc12)[SiH](c1ccccc1)c1ccccc1. The highest BCUT2D eigenvalue weighted by Gasteiger charge is 2.25. The summed E-state index contributed by atoms with van der Waals surface area (Å²) in [6.45, 7) is 2.42. The van der Waals surface area contributed by atoms with Gasteiger partial charge in [-0.2, -0.15) is 0 Å². The summed E-state index contributed by atoms with van der Waals surface area (Å²) in [6, 6.07) is 37.7. The van der Waals surface area contributed by atoms with Crippen LogP contribution in [0.5, 0.6) is 0 Å². The second-order valence-electron chi connectivity index (χ2n) is 6.66. The average molecular weight is 339 g/mol. The van der Waals surface area contributed by atoms with E-state index in [2.05, 4.69) is 110 Å². The first-order valence-corrected chi connectivity index (χ1v) is 10.7. The summed E-state index contributed by atoms with van der Waals surface area (Å²) in [6.07, 6.45) is 0. The van der Waals surface area contributed by atoms with Crippen molar-refractivity contribution >= 4 is 29.9 Å². The van der Waals surface area contributed by atoms with Crippen LogP contribution in [0.3, 0.4) is 0 Å². The van der Waals surface area contributed by atoms with Crippen molar-refractivity contribution in [3.8, 4) is 0 Å². The molecule has 122 valence electrons. The summed E-state index contributed by atoms with van der Waals surface area (Å²) >= 11 is 0. The van der Waals surface area contributed by atoms with Crippen molar-refractivity contribution in [3.63, 3.8) is 0 Å². The molecule has 0 heterocycles. The van der Waals surface area contributed by atoms with Crippen molar-refractivity contribution in [1.82, 2.24) is 0 Å². The summed E-state index contributed by atoms with van der Waals surface area (Å²) in [5.74, 6) is 0. The highest BCUT2D eigenvalue weighted by atomic mass is 28.3. The molecule has 0 aliphatic carbocycles. The summed E-state index contributed by atoms with van der Waals surface area (Å²) < 4.78 is 0. The van der Waals surface area contributed by atoms with Gasteiger partial charge in [0.2, 0.25) is 0 Å². The summed E-state index contributed by atoms with van der Waals surface area (Å²) in [5.41, 5.74) is 2.00. The highest BCUT2D eigenvalue weighted by Crippen LogP contribution is 2.27. The van der Waals surface area contributed by atoms with Gasteiger partial charge in [0.1, 0.15) is 8.80 Å². The molecule has 0 aliphatic rings. The average Bonchev–Trinajstić information content (AvgIpc) is 2.69. The van der Waals surface area contributed by atoms with Crippen LogP contribution in [0.2, 0.25) is 0 Å². The maximum atomic E-state index is 2.42.